The van der Waals surface area contributed by atoms with Crippen molar-refractivity contribution in [3.05, 3.63) is 69.7 Å². The first kappa shape index (κ1) is 16.5. The highest BCUT2D eigenvalue weighted by molar-refractivity contribution is 6.34. The lowest BCUT2D eigenvalue weighted by Gasteiger charge is -2.11. The number of carboxylic acids is 1. The Balaban J connectivity index is 2.15. The van der Waals surface area contributed by atoms with Crippen molar-refractivity contribution in [2.45, 2.75) is 13.5 Å². The molecule has 0 aliphatic heterocycles. The fraction of sp³-hybridized carbons (Fsp3) is 0.118. The molecule has 0 bridgehead atoms. The van der Waals surface area contributed by atoms with Gasteiger partial charge in [0, 0.05) is 28.0 Å². The van der Waals surface area contributed by atoms with Gasteiger partial charge in [-0.1, -0.05) is 23.2 Å². The average Bonchev–Trinajstić information content (AvgIpc) is 2.83. The number of carboxylic acid groups (broad SMARTS) is 1. The third-order valence-corrected chi connectivity index (χ3v) is 3.96. The lowest BCUT2D eigenvalue weighted by Crippen LogP contribution is -2.12. The summed E-state index contributed by atoms with van der Waals surface area (Å²) in [5.41, 5.74) is 2.10. The predicted octanol–water partition coefficient (Wildman–Crippen LogP) is 4.31. The number of benzene rings is 1. The average molecular weight is 362 g/mol. The minimum absolute atomic E-state index is 0.130. The molecule has 24 heavy (non-hydrogen) atoms. The molecule has 0 fully saturated rings. The van der Waals surface area contributed by atoms with Gasteiger partial charge in [0.15, 0.2) is 5.69 Å². The van der Waals surface area contributed by atoms with Crippen molar-refractivity contribution in [2.24, 2.45) is 0 Å². The molecule has 2 aromatic heterocycles. The summed E-state index contributed by atoms with van der Waals surface area (Å²) < 4.78 is 1.64. The van der Waals surface area contributed by atoms with E-state index in [0.29, 0.717) is 21.6 Å². The zero-order chi connectivity index (χ0) is 17.3. The molecule has 0 saturated heterocycles. The van der Waals surface area contributed by atoms with E-state index >= 15 is 0 Å². The summed E-state index contributed by atoms with van der Waals surface area (Å²) in [5, 5.41) is 10.6. The zero-order valence-corrected chi connectivity index (χ0v) is 14.2. The number of aromatic carboxylic acids is 1. The Bertz CT molecular complexity index is 887. The van der Waals surface area contributed by atoms with E-state index in [1.807, 2.05) is 6.07 Å². The summed E-state index contributed by atoms with van der Waals surface area (Å²) in [7, 11) is 0. The van der Waals surface area contributed by atoms with Crippen molar-refractivity contribution in [2.75, 3.05) is 0 Å². The monoisotopic (exact) mass is 361 g/mol. The molecule has 0 atom stereocenters. The molecule has 3 rings (SSSR count). The van der Waals surface area contributed by atoms with Gasteiger partial charge in [-0.15, -0.1) is 0 Å². The van der Waals surface area contributed by atoms with Crippen LogP contribution in [-0.4, -0.2) is 25.6 Å². The topological polar surface area (TPSA) is 68.0 Å². The Morgan fingerprint density at radius 3 is 2.54 bits per heavy atom. The predicted molar refractivity (Wildman–Crippen MR) is 92.7 cm³/mol. The third-order valence-electron chi connectivity index (χ3n) is 3.53. The number of hydrogen-bond donors (Lipinski definition) is 1. The maximum Gasteiger partial charge on any atom is 0.354 e. The van der Waals surface area contributed by atoms with Gasteiger partial charge in [0.25, 0.3) is 0 Å². The summed E-state index contributed by atoms with van der Waals surface area (Å²) in [6, 6.07) is 8.75. The van der Waals surface area contributed by atoms with Crippen LogP contribution in [0.2, 0.25) is 10.0 Å². The summed E-state index contributed by atoms with van der Waals surface area (Å²) in [5.74, 6) is -0.502. The van der Waals surface area contributed by atoms with Gasteiger partial charge in [-0.25, -0.2) is 9.78 Å². The number of imidazole rings is 1. The molecular weight excluding hydrogens is 349 g/mol. The quantitative estimate of drug-likeness (QED) is 0.751. The smallest absolute Gasteiger partial charge is 0.354 e. The van der Waals surface area contributed by atoms with Crippen LogP contribution in [0.25, 0.3) is 11.4 Å². The highest BCUT2D eigenvalue weighted by Crippen LogP contribution is 2.25. The SMILES string of the molecule is Cc1nc(-c2cccnc2)n(Cc2cc(Cl)cc(Cl)c2)c1C(=O)O. The maximum absolute atomic E-state index is 11.7. The van der Waals surface area contributed by atoms with Crippen LogP contribution in [0.4, 0.5) is 0 Å². The Morgan fingerprint density at radius 1 is 1.25 bits per heavy atom. The standard InChI is InChI=1S/C17H13Cl2N3O2/c1-10-15(17(23)24)22(9-11-5-13(18)7-14(19)6-11)16(21-10)12-3-2-4-20-8-12/h2-8H,9H2,1H3,(H,23,24). The number of nitrogens with zero attached hydrogens (tertiary/aromatic N) is 3. The fourth-order valence-electron chi connectivity index (χ4n) is 2.60. The molecule has 2 heterocycles. The molecule has 1 aromatic carbocycles. The van der Waals surface area contributed by atoms with E-state index in [1.165, 1.54) is 0 Å². The fourth-order valence-corrected chi connectivity index (χ4v) is 3.17. The Hall–Kier alpha value is -2.37. The van der Waals surface area contributed by atoms with Crippen LogP contribution in [0, 0.1) is 6.92 Å². The summed E-state index contributed by atoms with van der Waals surface area (Å²) >= 11 is 12.1. The lowest BCUT2D eigenvalue weighted by atomic mass is 10.2. The second-order valence-electron chi connectivity index (χ2n) is 5.28. The van der Waals surface area contributed by atoms with Gasteiger partial charge in [-0.3, -0.25) is 4.98 Å². The number of rotatable bonds is 4. The van der Waals surface area contributed by atoms with Gasteiger partial charge in [-0.2, -0.15) is 0 Å². The van der Waals surface area contributed by atoms with Crippen molar-refractivity contribution in [1.29, 1.82) is 0 Å². The summed E-state index contributed by atoms with van der Waals surface area (Å²) in [4.78, 5) is 20.2. The number of aromatic nitrogens is 3. The molecule has 1 N–H and O–H groups in total. The van der Waals surface area contributed by atoms with E-state index in [9.17, 15) is 9.90 Å². The molecule has 0 spiro atoms. The first-order chi connectivity index (χ1) is 11.5. The number of aryl methyl sites for hydroxylation is 1. The van der Waals surface area contributed by atoms with Crippen molar-refractivity contribution >= 4 is 29.2 Å². The van der Waals surface area contributed by atoms with Gasteiger partial charge in [-0.05, 0) is 42.8 Å². The molecule has 0 saturated carbocycles. The Morgan fingerprint density at radius 2 is 1.96 bits per heavy atom. The molecule has 0 amide bonds. The molecule has 0 unspecified atom stereocenters. The van der Waals surface area contributed by atoms with Crippen LogP contribution >= 0.6 is 23.2 Å². The highest BCUT2D eigenvalue weighted by Gasteiger charge is 2.21. The van der Waals surface area contributed by atoms with Gasteiger partial charge in [0.05, 0.1) is 12.2 Å². The first-order valence-corrected chi connectivity index (χ1v) is 7.87. The minimum Gasteiger partial charge on any atom is -0.477 e. The molecule has 0 aliphatic rings. The Labute approximate surface area is 148 Å². The first-order valence-electron chi connectivity index (χ1n) is 7.11. The second kappa shape index (κ2) is 6.63. The maximum atomic E-state index is 11.7. The van der Waals surface area contributed by atoms with Crippen LogP contribution in [0.15, 0.2) is 42.7 Å². The highest BCUT2D eigenvalue weighted by atomic mass is 35.5. The van der Waals surface area contributed by atoms with Gasteiger partial charge < -0.3 is 9.67 Å². The largest absolute Gasteiger partial charge is 0.477 e. The molecule has 3 aromatic rings. The third kappa shape index (κ3) is 3.27. The number of carbonyl (C=O) groups is 1. The minimum atomic E-state index is -1.04. The lowest BCUT2D eigenvalue weighted by molar-refractivity contribution is 0.0685. The normalized spacial score (nSPS) is 10.8. The van der Waals surface area contributed by atoms with Gasteiger partial charge in [0.2, 0.25) is 0 Å². The molecular formula is C17H13Cl2N3O2. The molecule has 0 radical (unpaired) electrons. The van der Waals surface area contributed by atoms with E-state index in [4.69, 9.17) is 23.2 Å². The van der Waals surface area contributed by atoms with Crippen LogP contribution in [0.5, 0.6) is 0 Å². The number of pyridine rings is 1. The Kier molecular flexibility index (Phi) is 4.55. The van der Waals surface area contributed by atoms with Crippen molar-refractivity contribution in [3.8, 4) is 11.4 Å². The van der Waals surface area contributed by atoms with E-state index in [2.05, 4.69) is 9.97 Å². The second-order valence-corrected chi connectivity index (χ2v) is 6.15. The van der Waals surface area contributed by atoms with Gasteiger partial charge in [0.1, 0.15) is 5.82 Å². The summed E-state index contributed by atoms with van der Waals surface area (Å²) in [6.45, 7) is 1.96. The molecule has 0 aliphatic carbocycles. The zero-order valence-electron chi connectivity index (χ0n) is 12.7. The number of halogens is 2. The van der Waals surface area contributed by atoms with Crippen LogP contribution in [0.1, 0.15) is 21.7 Å². The molecule has 7 heteroatoms. The van der Waals surface area contributed by atoms with Crippen molar-refractivity contribution in [1.82, 2.24) is 14.5 Å². The van der Waals surface area contributed by atoms with Crippen LogP contribution in [0.3, 0.4) is 0 Å². The summed E-state index contributed by atoms with van der Waals surface area (Å²) in [6.07, 6.45) is 3.30. The van der Waals surface area contributed by atoms with Crippen molar-refractivity contribution in [3.63, 3.8) is 0 Å². The van der Waals surface area contributed by atoms with E-state index < -0.39 is 5.97 Å². The van der Waals surface area contributed by atoms with Crippen molar-refractivity contribution < 1.29 is 9.90 Å². The van der Waals surface area contributed by atoms with Crippen LogP contribution in [-0.2, 0) is 6.54 Å². The van der Waals surface area contributed by atoms with E-state index in [1.54, 1.807) is 48.1 Å². The molecule has 5 nitrogen and oxygen atoms in total. The number of hydrogen-bond acceptors (Lipinski definition) is 3. The van der Waals surface area contributed by atoms with Gasteiger partial charge >= 0.3 is 5.97 Å². The molecule has 122 valence electrons. The van der Waals surface area contributed by atoms with E-state index in [0.717, 1.165) is 11.1 Å². The van der Waals surface area contributed by atoms with Crippen LogP contribution < -0.4 is 0 Å². The van der Waals surface area contributed by atoms with E-state index in [-0.39, 0.29) is 12.2 Å².